The van der Waals surface area contributed by atoms with Gasteiger partial charge in [0.2, 0.25) is 5.91 Å². The number of hydrazine groups is 1. The Labute approximate surface area is 111 Å². The summed E-state index contributed by atoms with van der Waals surface area (Å²) in [7, 11) is 3.37. The number of anilines is 1. The van der Waals surface area contributed by atoms with E-state index in [-0.39, 0.29) is 18.4 Å². The standard InChI is InChI=1S/C13H17N3O3/c1-14-15-12(17)6-4-9-3-5-11-10(7-9)16(2)13(18)8-19-11/h3,5,7,14H,4,6,8H2,1-2H3,(H,15,17). The van der Waals surface area contributed by atoms with Crippen LogP contribution in [0.1, 0.15) is 12.0 Å². The fourth-order valence-electron chi connectivity index (χ4n) is 1.93. The molecule has 6 nitrogen and oxygen atoms in total. The summed E-state index contributed by atoms with van der Waals surface area (Å²) in [6, 6.07) is 5.64. The van der Waals surface area contributed by atoms with Gasteiger partial charge in [0.1, 0.15) is 5.75 Å². The molecular weight excluding hydrogens is 246 g/mol. The average molecular weight is 263 g/mol. The van der Waals surface area contributed by atoms with Gasteiger partial charge >= 0.3 is 0 Å². The molecule has 2 rings (SSSR count). The van der Waals surface area contributed by atoms with Gasteiger partial charge in [-0.25, -0.2) is 5.43 Å². The van der Waals surface area contributed by atoms with E-state index >= 15 is 0 Å². The highest BCUT2D eigenvalue weighted by Gasteiger charge is 2.22. The first-order chi connectivity index (χ1) is 9.11. The molecule has 2 N–H and O–H groups in total. The summed E-state index contributed by atoms with van der Waals surface area (Å²) in [6.07, 6.45) is 1.00. The van der Waals surface area contributed by atoms with Crippen molar-refractivity contribution in [3.8, 4) is 5.75 Å². The Kier molecular flexibility index (Phi) is 4.01. The second-order valence-corrected chi connectivity index (χ2v) is 4.34. The van der Waals surface area contributed by atoms with Crippen LogP contribution in [-0.2, 0) is 16.0 Å². The molecule has 0 spiro atoms. The zero-order valence-electron chi connectivity index (χ0n) is 11.0. The minimum Gasteiger partial charge on any atom is -0.482 e. The normalized spacial score (nSPS) is 13.8. The zero-order chi connectivity index (χ0) is 13.8. The summed E-state index contributed by atoms with van der Waals surface area (Å²) in [5.41, 5.74) is 6.86. The predicted molar refractivity (Wildman–Crippen MR) is 70.9 cm³/mol. The van der Waals surface area contributed by atoms with Crippen LogP contribution in [0.5, 0.6) is 5.75 Å². The summed E-state index contributed by atoms with van der Waals surface area (Å²) in [5, 5.41) is 0. The van der Waals surface area contributed by atoms with Crippen molar-refractivity contribution in [1.29, 1.82) is 0 Å². The summed E-state index contributed by atoms with van der Waals surface area (Å²) in [4.78, 5) is 24.5. The first kappa shape index (κ1) is 13.4. The van der Waals surface area contributed by atoms with E-state index in [2.05, 4.69) is 10.9 Å². The van der Waals surface area contributed by atoms with Crippen LogP contribution in [0.3, 0.4) is 0 Å². The van der Waals surface area contributed by atoms with Gasteiger partial charge in [0, 0.05) is 20.5 Å². The number of aryl methyl sites for hydroxylation is 1. The lowest BCUT2D eigenvalue weighted by Crippen LogP contribution is -2.35. The molecule has 0 unspecified atom stereocenters. The zero-order valence-corrected chi connectivity index (χ0v) is 11.0. The molecule has 1 aromatic rings. The fraction of sp³-hybridized carbons (Fsp3) is 0.385. The van der Waals surface area contributed by atoms with Crippen molar-refractivity contribution in [2.75, 3.05) is 25.6 Å². The van der Waals surface area contributed by atoms with Gasteiger partial charge in [0.25, 0.3) is 5.91 Å². The number of likely N-dealkylation sites (N-methyl/N-ethyl adjacent to an activating group) is 1. The molecule has 0 radical (unpaired) electrons. The van der Waals surface area contributed by atoms with Gasteiger partial charge in [-0.1, -0.05) is 6.07 Å². The van der Waals surface area contributed by atoms with Crippen LogP contribution in [0.25, 0.3) is 0 Å². The summed E-state index contributed by atoms with van der Waals surface area (Å²) < 4.78 is 5.34. The van der Waals surface area contributed by atoms with Crippen molar-refractivity contribution in [1.82, 2.24) is 10.9 Å². The third-order valence-corrected chi connectivity index (χ3v) is 3.02. The molecule has 0 atom stereocenters. The largest absolute Gasteiger partial charge is 0.482 e. The molecule has 2 amide bonds. The molecule has 0 aliphatic carbocycles. The number of hydrogen-bond acceptors (Lipinski definition) is 4. The molecule has 1 aliphatic rings. The van der Waals surface area contributed by atoms with E-state index in [1.165, 1.54) is 0 Å². The highest BCUT2D eigenvalue weighted by atomic mass is 16.5. The first-order valence-corrected chi connectivity index (χ1v) is 6.09. The molecular formula is C13H17N3O3. The Morgan fingerprint density at radius 1 is 1.47 bits per heavy atom. The van der Waals surface area contributed by atoms with Gasteiger partial charge < -0.3 is 9.64 Å². The van der Waals surface area contributed by atoms with Crippen LogP contribution in [-0.4, -0.2) is 32.5 Å². The Balaban J connectivity index is 2.08. The highest BCUT2D eigenvalue weighted by Crippen LogP contribution is 2.32. The van der Waals surface area contributed by atoms with Gasteiger partial charge in [-0.3, -0.25) is 15.0 Å². The maximum atomic E-state index is 11.5. The molecule has 19 heavy (non-hydrogen) atoms. The SMILES string of the molecule is CNNC(=O)CCc1ccc2c(c1)N(C)C(=O)CO2. The number of rotatable bonds is 4. The van der Waals surface area contributed by atoms with E-state index in [1.54, 1.807) is 19.0 Å². The number of fused-ring (bicyclic) bond motifs is 1. The van der Waals surface area contributed by atoms with E-state index in [1.807, 2.05) is 18.2 Å². The van der Waals surface area contributed by atoms with E-state index in [0.29, 0.717) is 18.6 Å². The molecule has 1 aliphatic heterocycles. The van der Waals surface area contributed by atoms with Gasteiger partial charge in [-0.2, -0.15) is 0 Å². The molecule has 0 saturated carbocycles. The third-order valence-electron chi connectivity index (χ3n) is 3.02. The predicted octanol–water partition coefficient (Wildman–Crippen LogP) is 0.225. The summed E-state index contributed by atoms with van der Waals surface area (Å²) in [6.45, 7) is 0.0768. The van der Waals surface area contributed by atoms with Crippen molar-refractivity contribution >= 4 is 17.5 Å². The Bertz CT molecular complexity index is 502. The maximum Gasteiger partial charge on any atom is 0.264 e. The fourth-order valence-corrected chi connectivity index (χ4v) is 1.93. The lowest BCUT2D eigenvalue weighted by molar-refractivity contribution is -0.122. The van der Waals surface area contributed by atoms with Gasteiger partial charge in [-0.05, 0) is 24.1 Å². The Hall–Kier alpha value is -2.08. The number of ether oxygens (including phenoxy) is 1. The van der Waals surface area contributed by atoms with Crippen molar-refractivity contribution in [2.45, 2.75) is 12.8 Å². The number of amides is 2. The molecule has 0 fully saturated rings. The molecule has 0 aromatic heterocycles. The Morgan fingerprint density at radius 3 is 3.00 bits per heavy atom. The van der Waals surface area contributed by atoms with Crippen LogP contribution in [0.15, 0.2) is 18.2 Å². The topological polar surface area (TPSA) is 70.7 Å². The van der Waals surface area contributed by atoms with Gasteiger partial charge in [0.15, 0.2) is 6.61 Å². The van der Waals surface area contributed by atoms with Gasteiger partial charge in [0.05, 0.1) is 5.69 Å². The number of carbonyl (C=O) groups is 2. The number of nitrogens with zero attached hydrogens (tertiary/aromatic N) is 1. The molecule has 1 aromatic carbocycles. The summed E-state index contributed by atoms with van der Waals surface area (Å²) in [5.74, 6) is 0.559. The quantitative estimate of drug-likeness (QED) is 0.763. The number of carbonyl (C=O) groups excluding carboxylic acids is 2. The van der Waals surface area contributed by atoms with E-state index in [4.69, 9.17) is 4.74 Å². The van der Waals surface area contributed by atoms with Crippen LogP contribution < -0.4 is 20.5 Å². The lowest BCUT2D eigenvalue weighted by Gasteiger charge is -2.26. The molecule has 0 bridgehead atoms. The second-order valence-electron chi connectivity index (χ2n) is 4.34. The Morgan fingerprint density at radius 2 is 2.26 bits per heavy atom. The number of benzene rings is 1. The first-order valence-electron chi connectivity index (χ1n) is 6.09. The van der Waals surface area contributed by atoms with E-state index < -0.39 is 0 Å². The smallest absolute Gasteiger partial charge is 0.264 e. The summed E-state index contributed by atoms with van der Waals surface area (Å²) >= 11 is 0. The van der Waals surface area contributed by atoms with Crippen LogP contribution in [0, 0.1) is 0 Å². The minimum atomic E-state index is -0.0717. The lowest BCUT2D eigenvalue weighted by atomic mass is 10.1. The van der Waals surface area contributed by atoms with Crippen molar-refractivity contribution in [2.24, 2.45) is 0 Å². The minimum absolute atomic E-state index is 0.0686. The average Bonchev–Trinajstić information content (AvgIpc) is 2.41. The van der Waals surface area contributed by atoms with Crippen molar-refractivity contribution in [3.05, 3.63) is 23.8 Å². The molecule has 1 heterocycles. The van der Waals surface area contributed by atoms with Crippen molar-refractivity contribution < 1.29 is 14.3 Å². The van der Waals surface area contributed by atoms with Crippen LogP contribution in [0.2, 0.25) is 0 Å². The van der Waals surface area contributed by atoms with Crippen molar-refractivity contribution in [3.63, 3.8) is 0 Å². The van der Waals surface area contributed by atoms with Gasteiger partial charge in [-0.15, -0.1) is 0 Å². The maximum absolute atomic E-state index is 11.5. The third kappa shape index (κ3) is 3.03. The second kappa shape index (κ2) is 5.71. The molecule has 0 saturated heterocycles. The highest BCUT2D eigenvalue weighted by molar-refractivity contribution is 5.97. The van der Waals surface area contributed by atoms with Crippen LogP contribution >= 0.6 is 0 Å². The monoisotopic (exact) mass is 263 g/mol. The van der Waals surface area contributed by atoms with E-state index in [0.717, 1.165) is 11.3 Å². The van der Waals surface area contributed by atoms with Crippen LogP contribution in [0.4, 0.5) is 5.69 Å². The number of nitrogens with one attached hydrogen (secondary N) is 2. The number of hydrogen-bond donors (Lipinski definition) is 2. The van der Waals surface area contributed by atoms with E-state index in [9.17, 15) is 9.59 Å². The molecule has 6 heteroatoms. The molecule has 102 valence electrons.